The van der Waals surface area contributed by atoms with E-state index in [0.717, 1.165) is 0 Å². The van der Waals surface area contributed by atoms with Gasteiger partial charge in [0.25, 0.3) is 16.4 Å². The molecular formula is C21H14BrN3O4S. The number of nitrogens with zero attached hydrogens (tertiary/aromatic N) is 3. The first-order valence-electron chi connectivity index (χ1n) is 8.70. The van der Waals surface area contributed by atoms with Crippen LogP contribution in [0.2, 0.25) is 0 Å². The van der Waals surface area contributed by atoms with Crippen molar-refractivity contribution < 1.29 is 22.9 Å². The van der Waals surface area contributed by atoms with Gasteiger partial charge in [-0.2, -0.15) is 12.8 Å². The van der Waals surface area contributed by atoms with Crippen LogP contribution in [0.5, 0.6) is 0 Å². The zero-order valence-corrected chi connectivity index (χ0v) is 17.8. The summed E-state index contributed by atoms with van der Waals surface area (Å²) in [6, 6.07) is 12.1. The Bertz CT molecular complexity index is 1350. The molecule has 7 nitrogen and oxygen atoms in total. The maximum Gasteiger partial charge on any atom is 0.283 e. The molecular weight excluding hydrogens is 470 g/mol. The monoisotopic (exact) mass is 483 g/mol. The summed E-state index contributed by atoms with van der Waals surface area (Å²) in [6.45, 7) is 3.64. The fraction of sp³-hybridized carbons (Fsp3) is 0. The lowest BCUT2D eigenvalue weighted by Crippen LogP contribution is -2.31. The maximum absolute atomic E-state index is 13.2. The van der Waals surface area contributed by atoms with E-state index < -0.39 is 27.3 Å². The van der Waals surface area contributed by atoms with Crippen LogP contribution in [0.1, 0.15) is 15.9 Å². The lowest BCUT2D eigenvalue weighted by molar-refractivity contribution is -0.566. The zero-order valence-electron chi connectivity index (χ0n) is 15.4. The van der Waals surface area contributed by atoms with Crippen molar-refractivity contribution in [3.05, 3.63) is 89.4 Å². The van der Waals surface area contributed by atoms with Gasteiger partial charge in [0.05, 0.1) is 11.1 Å². The first-order chi connectivity index (χ1) is 14.3. The molecule has 2 aromatic carbocycles. The highest BCUT2D eigenvalue weighted by atomic mass is 79.9. The fourth-order valence-corrected chi connectivity index (χ4v) is 4.32. The first-order valence-corrected chi connectivity index (χ1v) is 10.9. The van der Waals surface area contributed by atoms with E-state index >= 15 is 0 Å². The molecule has 0 amide bonds. The average Bonchev–Trinajstić information content (AvgIpc) is 3.21. The predicted molar refractivity (Wildman–Crippen MR) is 114 cm³/mol. The summed E-state index contributed by atoms with van der Waals surface area (Å²) in [5, 5.41) is 13.2. The third-order valence-corrected chi connectivity index (χ3v) is 6.34. The zero-order chi connectivity index (χ0) is 21.5. The number of ketones is 1. The number of benzene rings is 2. The van der Waals surface area contributed by atoms with Crippen LogP contribution in [-0.4, -0.2) is 24.5 Å². The van der Waals surface area contributed by atoms with Crippen molar-refractivity contribution >= 4 is 55.1 Å². The summed E-state index contributed by atoms with van der Waals surface area (Å²) in [4.78, 5) is 13.1. The topological polar surface area (TPSA) is 95.4 Å². The third kappa shape index (κ3) is 3.42. The molecule has 3 aromatic rings. The number of fused-ring (bicyclic) bond motifs is 1. The smallest absolute Gasteiger partial charge is 0.283 e. The van der Waals surface area contributed by atoms with Gasteiger partial charge >= 0.3 is 0 Å². The molecule has 0 unspecified atom stereocenters. The van der Waals surface area contributed by atoms with E-state index in [9.17, 15) is 18.3 Å². The van der Waals surface area contributed by atoms with Gasteiger partial charge in [0.2, 0.25) is 5.78 Å². The van der Waals surface area contributed by atoms with Crippen molar-refractivity contribution in [2.45, 2.75) is 4.90 Å². The third-order valence-electron chi connectivity index (χ3n) is 4.52. The van der Waals surface area contributed by atoms with Gasteiger partial charge in [-0.1, -0.05) is 46.8 Å². The number of imidazole rings is 1. The average molecular weight is 484 g/mol. The molecule has 9 heteroatoms. The number of hydrogen-bond acceptors (Lipinski definition) is 4. The highest BCUT2D eigenvalue weighted by molar-refractivity contribution is 9.10. The standard InChI is InChI=1S/C21H14BrN3O4S/c1-2-24-11-12-25(13-24)19-18(20(26)16-5-3-4-6-17(16)21(19)27)23-30(28,29)15-9-7-14(22)8-10-15/h2-13H,1H2. The molecule has 0 radical (unpaired) electrons. The van der Waals surface area contributed by atoms with Crippen LogP contribution < -0.4 is 9.67 Å². The van der Waals surface area contributed by atoms with Crippen molar-refractivity contribution in [1.29, 1.82) is 0 Å². The van der Waals surface area contributed by atoms with Gasteiger partial charge in [-0.15, -0.1) is 0 Å². The summed E-state index contributed by atoms with van der Waals surface area (Å²) in [7, 11) is -4.24. The van der Waals surface area contributed by atoms with E-state index in [1.807, 2.05) is 0 Å². The number of hydrogen-bond donors (Lipinski definition) is 0. The molecule has 0 saturated heterocycles. The predicted octanol–water partition coefficient (Wildman–Crippen LogP) is 2.35. The number of allylic oxidation sites excluding steroid dienone is 1. The molecule has 1 aromatic heterocycles. The molecule has 30 heavy (non-hydrogen) atoms. The van der Waals surface area contributed by atoms with E-state index in [1.165, 1.54) is 47.6 Å². The molecule has 0 saturated carbocycles. The highest BCUT2D eigenvalue weighted by Gasteiger charge is 2.33. The Morgan fingerprint density at radius 2 is 1.77 bits per heavy atom. The fourth-order valence-electron chi connectivity index (χ4n) is 3.06. The molecule has 0 atom stereocenters. The van der Waals surface area contributed by atoms with Gasteiger partial charge < -0.3 is 5.11 Å². The Kier molecular flexibility index (Phi) is 5.00. The highest BCUT2D eigenvalue weighted by Crippen LogP contribution is 2.30. The van der Waals surface area contributed by atoms with E-state index in [2.05, 4.69) is 26.9 Å². The SMILES string of the molecule is C=C[n+]1ccn(C2=C([O-])c3ccccc3C(=O)/C2=N\S(=O)(=O)c2ccc(Br)cc2)c1. The van der Waals surface area contributed by atoms with Crippen molar-refractivity contribution in [3.8, 4) is 0 Å². The van der Waals surface area contributed by atoms with Crippen LogP contribution >= 0.6 is 15.9 Å². The summed E-state index contributed by atoms with van der Waals surface area (Å²) in [6.07, 6.45) is 6.13. The van der Waals surface area contributed by atoms with Gasteiger partial charge in [-0.05, 0) is 35.6 Å². The number of sulfonamides is 1. The van der Waals surface area contributed by atoms with Crippen LogP contribution in [-0.2, 0) is 10.0 Å². The molecule has 4 rings (SSSR count). The molecule has 0 N–H and O–H groups in total. The lowest BCUT2D eigenvalue weighted by atomic mass is 9.91. The van der Waals surface area contributed by atoms with Crippen LogP contribution in [0, 0.1) is 0 Å². The number of rotatable bonds is 4. The molecule has 1 heterocycles. The van der Waals surface area contributed by atoms with Crippen LogP contribution in [0.25, 0.3) is 17.7 Å². The molecule has 0 spiro atoms. The van der Waals surface area contributed by atoms with Crippen LogP contribution in [0.4, 0.5) is 0 Å². The van der Waals surface area contributed by atoms with Crippen molar-refractivity contribution in [3.63, 3.8) is 0 Å². The largest absolute Gasteiger partial charge is 0.869 e. The number of aromatic nitrogens is 2. The minimum absolute atomic E-state index is 0.0923. The molecule has 0 bridgehead atoms. The van der Waals surface area contributed by atoms with Gasteiger partial charge in [0, 0.05) is 10.0 Å². The Labute approximate surface area is 181 Å². The summed E-state index contributed by atoms with van der Waals surface area (Å²) >= 11 is 3.25. The van der Waals surface area contributed by atoms with E-state index in [0.29, 0.717) is 4.47 Å². The van der Waals surface area contributed by atoms with Crippen molar-refractivity contribution in [2.24, 2.45) is 4.40 Å². The van der Waals surface area contributed by atoms with Crippen LogP contribution in [0.15, 0.2) is 87.6 Å². The minimum Gasteiger partial charge on any atom is -0.869 e. The van der Waals surface area contributed by atoms with Gasteiger partial charge in [0.1, 0.15) is 12.4 Å². The van der Waals surface area contributed by atoms with E-state index in [4.69, 9.17) is 0 Å². The molecule has 0 aliphatic heterocycles. The summed E-state index contributed by atoms with van der Waals surface area (Å²) < 4.78 is 33.2. The Morgan fingerprint density at radius 1 is 1.10 bits per heavy atom. The quantitative estimate of drug-likeness (QED) is 0.532. The summed E-state index contributed by atoms with van der Waals surface area (Å²) in [5.74, 6) is -1.14. The Hall–Kier alpha value is -3.30. The van der Waals surface area contributed by atoms with Crippen molar-refractivity contribution in [1.82, 2.24) is 4.57 Å². The number of carbonyl (C=O) groups excluding carboxylic acids is 1. The second-order valence-electron chi connectivity index (χ2n) is 6.37. The Balaban J connectivity index is 1.97. The van der Waals surface area contributed by atoms with Gasteiger partial charge in [-0.25, -0.2) is 9.13 Å². The number of carbonyl (C=O) groups is 1. The summed E-state index contributed by atoms with van der Waals surface area (Å²) in [5.41, 5.74) is -0.274. The Morgan fingerprint density at radius 3 is 2.40 bits per heavy atom. The lowest BCUT2D eigenvalue weighted by Gasteiger charge is -2.24. The molecule has 0 fully saturated rings. The minimum atomic E-state index is -4.24. The van der Waals surface area contributed by atoms with E-state index in [-0.39, 0.29) is 21.7 Å². The first kappa shape index (κ1) is 20.0. The number of Topliss-reactive ketones (excluding diaryl/α,β-unsaturated/α-hetero) is 1. The van der Waals surface area contributed by atoms with Gasteiger partial charge in [-0.3, -0.25) is 4.79 Å². The molecule has 150 valence electrons. The number of halogens is 1. The van der Waals surface area contributed by atoms with E-state index in [1.54, 1.807) is 35.0 Å². The molecule has 1 aliphatic carbocycles. The van der Waals surface area contributed by atoms with Crippen molar-refractivity contribution in [2.75, 3.05) is 0 Å². The molecule has 1 aliphatic rings. The maximum atomic E-state index is 13.2. The normalized spacial score (nSPS) is 15.4. The second-order valence-corrected chi connectivity index (χ2v) is 8.89. The van der Waals surface area contributed by atoms with Crippen LogP contribution in [0.3, 0.4) is 0 Å². The second kappa shape index (κ2) is 7.51. The van der Waals surface area contributed by atoms with Gasteiger partial charge in [0.15, 0.2) is 11.4 Å².